The van der Waals surface area contributed by atoms with Gasteiger partial charge in [-0.2, -0.15) is 0 Å². The SMILES string of the molecule is O=CN(C[C@@H](CCC1CC1)C(=O)N1C(=O)OC[C@@H]1Cc1ccccc1)OC1CCCCO1. The van der Waals surface area contributed by atoms with Crippen LogP contribution in [0, 0.1) is 11.8 Å². The standard InChI is InChI=1S/C24H32N2O6/c27-17-25(32-22-8-4-5-13-30-22)15-20(12-11-18-9-10-18)23(28)26-21(16-31-24(26)29)14-19-6-2-1-3-7-19/h1-3,6-7,17-18,20-22H,4-5,8-16H2/t20-,21+,22?/m1/s1. The van der Waals surface area contributed by atoms with Crippen molar-refractivity contribution in [1.82, 2.24) is 9.96 Å². The molecule has 3 fully saturated rings. The Kier molecular flexibility index (Phi) is 7.76. The molecule has 0 aromatic heterocycles. The number of cyclic esters (lactones) is 1. The van der Waals surface area contributed by atoms with Crippen LogP contribution in [-0.4, -0.2) is 60.5 Å². The molecule has 1 aromatic carbocycles. The largest absolute Gasteiger partial charge is 0.447 e. The second kappa shape index (κ2) is 10.9. The summed E-state index contributed by atoms with van der Waals surface area (Å²) in [5, 5.41) is 1.17. The van der Waals surface area contributed by atoms with Gasteiger partial charge in [0.05, 0.1) is 18.5 Å². The molecule has 3 aliphatic rings. The molecule has 0 radical (unpaired) electrons. The number of nitrogens with zero attached hydrogens (tertiary/aromatic N) is 2. The highest BCUT2D eigenvalue weighted by Gasteiger charge is 2.41. The van der Waals surface area contributed by atoms with Gasteiger partial charge >= 0.3 is 6.09 Å². The molecule has 2 aliphatic heterocycles. The van der Waals surface area contributed by atoms with Crippen LogP contribution in [0.5, 0.6) is 0 Å². The van der Waals surface area contributed by atoms with Gasteiger partial charge in [0.2, 0.25) is 12.3 Å². The van der Waals surface area contributed by atoms with E-state index < -0.39 is 18.3 Å². The number of carbonyl (C=O) groups is 3. The molecule has 4 rings (SSSR count). The van der Waals surface area contributed by atoms with Gasteiger partial charge in [0.1, 0.15) is 6.61 Å². The fourth-order valence-electron chi connectivity index (χ4n) is 4.37. The van der Waals surface area contributed by atoms with Crippen LogP contribution in [0.1, 0.15) is 50.5 Å². The molecule has 1 aromatic rings. The summed E-state index contributed by atoms with van der Waals surface area (Å²) in [5.41, 5.74) is 1.04. The molecule has 32 heavy (non-hydrogen) atoms. The highest BCUT2D eigenvalue weighted by Crippen LogP contribution is 2.35. The predicted octanol–water partition coefficient (Wildman–Crippen LogP) is 3.30. The van der Waals surface area contributed by atoms with Crippen molar-refractivity contribution in [2.75, 3.05) is 19.8 Å². The van der Waals surface area contributed by atoms with E-state index in [9.17, 15) is 14.4 Å². The van der Waals surface area contributed by atoms with E-state index in [4.69, 9.17) is 14.3 Å². The van der Waals surface area contributed by atoms with E-state index in [1.54, 1.807) is 0 Å². The zero-order valence-corrected chi connectivity index (χ0v) is 18.4. The Morgan fingerprint density at radius 1 is 1.22 bits per heavy atom. The summed E-state index contributed by atoms with van der Waals surface area (Å²) in [7, 11) is 0. The highest BCUT2D eigenvalue weighted by atomic mass is 16.8. The van der Waals surface area contributed by atoms with Crippen molar-refractivity contribution in [1.29, 1.82) is 0 Å². The van der Waals surface area contributed by atoms with Crippen LogP contribution in [0.25, 0.3) is 0 Å². The van der Waals surface area contributed by atoms with E-state index in [0.717, 1.165) is 24.8 Å². The third kappa shape index (κ3) is 6.07. The number of hydrogen-bond acceptors (Lipinski definition) is 6. The molecule has 2 heterocycles. The van der Waals surface area contributed by atoms with Crippen LogP contribution in [-0.2, 0) is 30.3 Å². The maximum Gasteiger partial charge on any atom is 0.416 e. The third-order valence-electron chi connectivity index (χ3n) is 6.39. The van der Waals surface area contributed by atoms with E-state index in [1.165, 1.54) is 22.8 Å². The van der Waals surface area contributed by atoms with Crippen molar-refractivity contribution < 1.29 is 28.7 Å². The molecular weight excluding hydrogens is 412 g/mol. The van der Waals surface area contributed by atoms with Crippen molar-refractivity contribution in [2.45, 2.75) is 63.7 Å². The molecule has 0 bridgehead atoms. The monoisotopic (exact) mass is 444 g/mol. The Bertz CT molecular complexity index is 778. The summed E-state index contributed by atoms with van der Waals surface area (Å²) in [6.45, 7) is 0.873. The van der Waals surface area contributed by atoms with Gasteiger partial charge in [0, 0.05) is 13.0 Å². The second-order valence-electron chi connectivity index (χ2n) is 8.95. The lowest BCUT2D eigenvalue weighted by atomic mass is 9.97. The van der Waals surface area contributed by atoms with Crippen molar-refractivity contribution >= 4 is 18.4 Å². The van der Waals surface area contributed by atoms with Gasteiger partial charge in [-0.05, 0) is 43.6 Å². The van der Waals surface area contributed by atoms with Crippen molar-refractivity contribution in [2.24, 2.45) is 11.8 Å². The van der Waals surface area contributed by atoms with E-state index in [1.807, 2.05) is 30.3 Å². The van der Waals surface area contributed by atoms with Gasteiger partial charge in [-0.3, -0.25) is 9.59 Å². The number of rotatable bonds is 11. The first-order chi connectivity index (χ1) is 15.6. The number of hydroxylamine groups is 2. The normalized spacial score (nSPS) is 24.1. The Labute approximate surface area is 188 Å². The second-order valence-corrected chi connectivity index (χ2v) is 8.95. The fourth-order valence-corrected chi connectivity index (χ4v) is 4.37. The molecule has 8 nitrogen and oxygen atoms in total. The molecule has 0 spiro atoms. The first kappa shape index (κ1) is 22.7. The minimum atomic E-state index is -0.610. The van der Waals surface area contributed by atoms with E-state index in [0.29, 0.717) is 38.2 Å². The Balaban J connectivity index is 1.44. The number of ether oxygens (including phenoxy) is 2. The molecule has 3 atom stereocenters. The molecule has 8 heteroatoms. The summed E-state index contributed by atoms with van der Waals surface area (Å²) < 4.78 is 10.8. The molecule has 1 aliphatic carbocycles. The van der Waals surface area contributed by atoms with Crippen molar-refractivity contribution in [3.8, 4) is 0 Å². The van der Waals surface area contributed by atoms with Crippen LogP contribution in [0.2, 0.25) is 0 Å². The zero-order chi connectivity index (χ0) is 22.3. The van der Waals surface area contributed by atoms with Crippen LogP contribution in [0.4, 0.5) is 4.79 Å². The summed E-state index contributed by atoms with van der Waals surface area (Å²) in [6, 6.07) is 9.40. The van der Waals surface area contributed by atoms with E-state index in [2.05, 4.69) is 0 Å². The van der Waals surface area contributed by atoms with Gasteiger partial charge in [-0.1, -0.05) is 43.2 Å². The Morgan fingerprint density at radius 3 is 2.72 bits per heavy atom. The minimum absolute atomic E-state index is 0.0940. The quantitative estimate of drug-likeness (QED) is 0.385. The van der Waals surface area contributed by atoms with Gasteiger partial charge in [-0.25, -0.2) is 19.6 Å². The van der Waals surface area contributed by atoms with Gasteiger partial charge in [-0.15, -0.1) is 0 Å². The molecule has 1 unspecified atom stereocenters. The lowest BCUT2D eigenvalue weighted by Crippen LogP contribution is -2.47. The number of amides is 3. The molecule has 1 saturated carbocycles. The number of carbonyl (C=O) groups excluding carboxylic acids is 3. The van der Waals surface area contributed by atoms with Crippen LogP contribution in [0.15, 0.2) is 30.3 Å². The first-order valence-corrected chi connectivity index (χ1v) is 11.7. The zero-order valence-electron chi connectivity index (χ0n) is 18.4. The molecule has 3 amide bonds. The topological polar surface area (TPSA) is 85.4 Å². The molecule has 0 N–H and O–H groups in total. The van der Waals surface area contributed by atoms with Gasteiger partial charge < -0.3 is 9.47 Å². The first-order valence-electron chi connectivity index (χ1n) is 11.7. The number of imide groups is 1. The Morgan fingerprint density at radius 2 is 2.03 bits per heavy atom. The lowest BCUT2D eigenvalue weighted by molar-refractivity contribution is -0.276. The van der Waals surface area contributed by atoms with Gasteiger partial charge in [0.15, 0.2) is 6.29 Å². The number of hydrogen-bond donors (Lipinski definition) is 0. The Hall–Kier alpha value is -2.45. The average Bonchev–Trinajstić information content (AvgIpc) is 3.58. The smallest absolute Gasteiger partial charge is 0.416 e. The lowest BCUT2D eigenvalue weighted by Gasteiger charge is -2.30. The van der Waals surface area contributed by atoms with Crippen LogP contribution >= 0.6 is 0 Å². The number of benzene rings is 1. The molecule has 174 valence electrons. The molecule has 2 saturated heterocycles. The maximum absolute atomic E-state index is 13.5. The minimum Gasteiger partial charge on any atom is -0.447 e. The van der Waals surface area contributed by atoms with Crippen LogP contribution < -0.4 is 0 Å². The average molecular weight is 445 g/mol. The summed E-state index contributed by atoms with van der Waals surface area (Å²) in [5.74, 6) is -0.203. The van der Waals surface area contributed by atoms with Crippen molar-refractivity contribution in [3.63, 3.8) is 0 Å². The third-order valence-corrected chi connectivity index (χ3v) is 6.39. The predicted molar refractivity (Wildman–Crippen MR) is 115 cm³/mol. The summed E-state index contributed by atoms with van der Waals surface area (Å²) >= 11 is 0. The summed E-state index contributed by atoms with van der Waals surface area (Å²) in [6.07, 6.45) is 6.56. The van der Waals surface area contributed by atoms with Gasteiger partial charge in [0.25, 0.3) is 0 Å². The van der Waals surface area contributed by atoms with E-state index >= 15 is 0 Å². The summed E-state index contributed by atoms with van der Waals surface area (Å²) in [4.78, 5) is 44.7. The molecular formula is C24H32N2O6. The highest BCUT2D eigenvalue weighted by molar-refractivity contribution is 5.95. The van der Waals surface area contributed by atoms with Crippen LogP contribution in [0.3, 0.4) is 0 Å². The van der Waals surface area contributed by atoms with E-state index in [-0.39, 0.29) is 25.1 Å². The maximum atomic E-state index is 13.5. The fraction of sp³-hybridized carbons (Fsp3) is 0.625. The van der Waals surface area contributed by atoms with Crippen molar-refractivity contribution in [3.05, 3.63) is 35.9 Å².